The summed E-state index contributed by atoms with van der Waals surface area (Å²) in [6.45, 7) is 4.54. The molecule has 0 aromatic heterocycles. The van der Waals surface area contributed by atoms with Crippen LogP contribution < -0.4 is 5.73 Å². The molecule has 0 saturated carbocycles. The van der Waals surface area contributed by atoms with E-state index in [1.807, 2.05) is 0 Å². The lowest BCUT2D eigenvalue weighted by Crippen LogP contribution is -2.15. The van der Waals surface area contributed by atoms with E-state index < -0.39 is 0 Å². The lowest BCUT2D eigenvalue weighted by atomic mass is 10.4. The summed E-state index contributed by atoms with van der Waals surface area (Å²) in [5.41, 5.74) is 5.24. The van der Waals surface area contributed by atoms with E-state index in [0.717, 1.165) is 19.4 Å². The molecule has 0 spiro atoms. The monoisotopic (exact) mass is 204 g/mol. The van der Waals surface area contributed by atoms with Gasteiger partial charge in [-0.1, -0.05) is 18.5 Å². The van der Waals surface area contributed by atoms with Crippen molar-refractivity contribution in [2.24, 2.45) is 10.9 Å². The Hall–Kier alpha value is -0.810. The van der Waals surface area contributed by atoms with E-state index in [2.05, 4.69) is 12.1 Å². The van der Waals surface area contributed by atoms with Crippen molar-refractivity contribution >= 4 is 5.84 Å². The molecule has 0 atom stereocenters. The second-order valence-electron chi connectivity index (χ2n) is 2.92. The molecule has 0 saturated heterocycles. The van der Waals surface area contributed by atoms with E-state index >= 15 is 0 Å². The highest BCUT2D eigenvalue weighted by Gasteiger charge is 1.93. The molecule has 84 valence electrons. The van der Waals surface area contributed by atoms with Gasteiger partial charge in [0.25, 0.3) is 0 Å². The zero-order valence-electron chi connectivity index (χ0n) is 8.74. The van der Waals surface area contributed by atoms with Crippen LogP contribution in [0.15, 0.2) is 5.16 Å². The van der Waals surface area contributed by atoms with Gasteiger partial charge in [0, 0.05) is 13.0 Å². The molecule has 0 aromatic carbocycles. The molecule has 0 bridgehead atoms. The predicted octanol–water partition coefficient (Wildman–Crippen LogP) is 0.956. The summed E-state index contributed by atoms with van der Waals surface area (Å²) in [5, 5.41) is 11.0. The van der Waals surface area contributed by atoms with Gasteiger partial charge in [0.05, 0.1) is 19.8 Å². The molecule has 0 fully saturated rings. The minimum absolute atomic E-state index is 0.192. The van der Waals surface area contributed by atoms with Gasteiger partial charge in [-0.3, -0.25) is 0 Å². The fraction of sp³-hybridized carbons (Fsp3) is 0.889. The Morgan fingerprint density at radius 2 is 1.86 bits per heavy atom. The van der Waals surface area contributed by atoms with Crippen molar-refractivity contribution in [2.75, 3.05) is 26.4 Å². The molecule has 0 aliphatic rings. The quantitative estimate of drug-likeness (QED) is 0.193. The number of hydrogen-bond acceptors (Lipinski definition) is 4. The smallest absolute Gasteiger partial charge is 0.141 e. The number of ether oxygens (including phenoxy) is 2. The minimum Gasteiger partial charge on any atom is -0.409 e. The van der Waals surface area contributed by atoms with Crippen LogP contribution in [-0.4, -0.2) is 37.5 Å². The minimum atomic E-state index is 0.192. The van der Waals surface area contributed by atoms with Gasteiger partial charge < -0.3 is 20.4 Å². The number of unbranched alkanes of at least 4 members (excludes halogenated alkanes) is 1. The highest BCUT2D eigenvalue weighted by atomic mass is 16.5. The third-order valence-electron chi connectivity index (χ3n) is 1.65. The summed E-state index contributed by atoms with van der Waals surface area (Å²) in [5.74, 6) is 0.192. The van der Waals surface area contributed by atoms with Crippen LogP contribution in [0, 0.1) is 0 Å². The number of nitrogens with two attached hydrogens (primary N) is 1. The number of nitrogens with zero attached hydrogens (tertiary/aromatic N) is 1. The summed E-state index contributed by atoms with van der Waals surface area (Å²) in [6, 6.07) is 0. The molecule has 0 amide bonds. The second kappa shape index (κ2) is 10.3. The van der Waals surface area contributed by atoms with Crippen LogP contribution in [0.5, 0.6) is 0 Å². The lowest BCUT2D eigenvalue weighted by Gasteiger charge is -2.04. The molecule has 0 unspecified atom stereocenters. The van der Waals surface area contributed by atoms with Gasteiger partial charge in [0.15, 0.2) is 0 Å². The topological polar surface area (TPSA) is 77.1 Å². The zero-order valence-corrected chi connectivity index (χ0v) is 8.74. The van der Waals surface area contributed by atoms with E-state index in [4.69, 9.17) is 20.4 Å². The molecular formula is C9H20N2O3. The van der Waals surface area contributed by atoms with Gasteiger partial charge in [-0.25, -0.2) is 0 Å². The van der Waals surface area contributed by atoms with E-state index in [0.29, 0.717) is 26.2 Å². The molecule has 0 aliphatic carbocycles. The highest BCUT2D eigenvalue weighted by molar-refractivity contribution is 5.79. The van der Waals surface area contributed by atoms with Gasteiger partial charge in [-0.2, -0.15) is 0 Å². The van der Waals surface area contributed by atoms with Crippen molar-refractivity contribution in [3.8, 4) is 0 Å². The van der Waals surface area contributed by atoms with Crippen LogP contribution in [0.4, 0.5) is 0 Å². The molecule has 0 heterocycles. The Kier molecular flexibility index (Phi) is 9.68. The van der Waals surface area contributed by atoms with Gasteiger partial charge in [-0.15, -0.1) is 0 Å². The maximum absolute atomic E-state index is 8.22. The van der Waals surface area contributed by atoms with Crippen molar-refractivity contribution in [3.05, 3.63) is 0 Å². The molecular weight excluding hydrogens is 184 g/mol. The van der Waals surface area contributed by atoms with Gasteiger partial charge >= 0.3 is 0 Å². The van der Waals surface area contributed by atoms with Crippen LogP contribution in [0.1, 0.15) is 26.2 Å². The first-order valence-corrected chi connectivity index (χ1v) is 4.93. The molecule has 0 aliphatic heterocycles. The highest BCUT2D eigenvalue weighted by Crippen LogP contribution is 1.88. The second-order valence-corrected chi connectivity index (χ2v) is 2.92. The van der Waals surface area contributed by atoms with Gasteiger partial charge in [0.1, 0.15) is 5.84 Å². The zero-order chi connectivity index (χ0) is 10.6. The van der Waals surface area contributed by atoms with Crippen LogP contribution in [0.2, 0.25) is 0 Å². The number of rotatable bonds is 9. The van der Waals surface area contributed by atoms with Crippen molar-refractivity contribution in [3.63, 3.8) is 0 Å². The van der Waals surface area contributed by atoms with E-state index in [-0.39, 0.29) is 5.84 Å². The predicted molar refractivity (Wildman–Crippen MR) is 54.6 cm³/mol. The Balaban J connectivity index is 2.99. The van der Waals surface area contributed by atoms with Gasteiger partial charge in [-0.05, 0) is 6.42 Å². The molecule has 3 N–H and O–H groups in total. The molecule has 5 nitrogen and oxygen atoms in total. The molecule has 0 radical (unpaired) electrons. The Morgan fingerprint density at radius 1 is 1.21 bits per heavy atom. The largest absolute Gasteiger partial charge is 0.409 e. The number of amidine groups is 1. The average Bonchev–Trinajstić information content (AvgIpc) is 2.21. The van der Waals surface area contributed by atoms with Crippen LogP contribution in [0.25, 0.3) is 0 Å². The van der Waals surface area contributed by atoms with E-state index in [9.17, 15) is 0 Å². The van der Waals surface area contributed by atoms with Crippen molar-refractivity contribution < 1.29 is 14.7 Å². The Labute approximate surface area is 84.9 Å². The third kappa shape index (κ3) is 9.28. The average molecular weight is 204 g/mol. The number of oxime groups is 1. The third-order valence-corrected chi connectivity index (χ3v) is 1.65. The normalized spacial score (nSPS) is 11.9. The van der Waals surface area contributed by atoms with Gasteiger partial charge in [0.2, 0.25) is 0 Å². The van der Waals surface area contributed by atoms with Crippen LogP contribution in [-0.2, 0) is 9.47 Å². The summed E-state index contributed by atoms with van der Waals surface area (Å²) in [6.07, 6.45) is 2.68. The summed E-state index contributed by atoms with van der Waals surface area (Å²) in [7, 11) is 0. The maximum Gasteiger partial charge on any atom is 0.141 e. The van der Waals surface area contributed by atoms with Crippen molar-refractivity contribution in [1.29, 1.82) is 0 Å². The van der Waals surface area contributed by atoms with E-state index in [1.165, 1.54) is 0 Å². The fourth-order valence-corrected chi connectivity index (χ4v) is 0.795. The molecule has 5 heteroatoms. The summed E-state index contributed by atoms with van der Waals surface area (Å²) >= 11 is 0. The van der Waals surface area contributed by atoms with Crippen LogP contribution >= 0.6 is 0 Å². The maximum atomic E-state index is 8.22. The van der Waals surface area contributed by atoms with Crippen molar-refractivity contribution in [1.82, 2.24) is 0 Å². The Bertz CT molecular complexity index is 151. The van der Waals surface area contributed by atoms with Crippen molar-refractivity contribution in [2.45, 2.75) is 26.2 Å². The standard InChI is InChI=1S/C9H20N2O3/c1-2-3-5-13-7-8-14-6-4-9(10)11-12/h12H,2-8H2,1H3,(H2,10,11). The molecule has 0 rings (SSSR count). The Morgan fingerprint density at radius 3 is 2.43 bits per heavy atom. The first-order valence-electron chi connectivity index (χ1n) is 4.93. The lowest BCUT2D eigenvalue weighted by molar-refractivity contribution is 0.0491. The first kappa shape index (κ1) is 13.2. The first-order chi connectivity index (χ1) is 6.81. The SMILES string of the molecule is CCCCOCCOCC/C(N)=N/O. The van der Waals surface area contributed by atoms with Crippen LogP contribution in [0.3, 0.4) is 0 Å². The molecule has 0 aromatic rings. The fourth-order valence-electron chi connectivity index (χ4n) is 0.795. The number of hydrogen-bond donors (Lipinski definition) is 2. The summed E-state index contributed by atoms with van der Waals surface area (Å²) in [4.78, 5) is 0. The molecule has 14 heavy (non-hydrogen) atoms. The van der Waals surface area contributed by atoms with E-state index in [1.54, 1.807) is 0 Å². The summed E-state index contributed by atoms with van der Waals surface area (Å²) < 4.78 is 10.5.